The Kier molecular flexibility index (Phi) is 9.62. The van der Waals surface area contributed by atoms with Gasteiger partial charge in [0.2, 0.25) is 0 Å². The molecule has 8 nitrogen and oxygen atoms in total. The molecule has 8 aliphatic rings. The number of hydrogen-bond donors (Lipinski definition) is 1. The number of nitrogens with zero attached hydrogens (tertiary/aromatic N) is 3. The fourth-order valence-corrected chi connectivity index (χ4v) is 11.7. The van der Waals surface area contributed by atoms with Gasteiger partial charge in [0.25, 0.3) is 0 Å². The molecule has 0 atom stereocenters. The number of esters is 1. The Balaban J connectivity index is 0.000000146. The van der Waals surface area contributed by atoms with Gasteiger partial charge in [-0.15, -0.1) is 0 Å². The molecule has 0 radical (unpaired) electrons. The third kappa shape index (κ3) is 7.04. The summed E-state index contributed by atoms with van der Waals surface area (Å²) in [7, 11) is 0. The van der Waals surface area contributed by atoms with Crippen LogP contribution in [0.1, 0.15) is 88.3 Å². The SMILES string of the molecule is CCOC(=O)CN(Cc1ccccc1)C(=O)NC1C2CC3CC(C2)CC1C3.O=c1n(Cc2ccccc2)ccn1C1C2CC3CC(C2)CC1C3. The van der Waals surface area contributed by atoms with Crippen LogP contribution >= 0.6 is 0 Å². The summed E-state index contributed by atoms with van der Waals surface area (Å²) in [6, 6.07) is 20.7. The number of carbonyl (C=O) groups excluding carboxylic acids is 2. The molecule has 0 aliphatic heterocycles. The van der Waals surface area contributed by atoms with Crippen molar-refractivity contribution in [2.24, 2.45) is 47.3 Å². The van der Waals surface area contributed by atoms with Crippen LogP contribution in [0.15, 0.2) is 77.9 Å². The molecule has 11 rings (SSSR count). The highest BCUT2D eigenvalue weighted by atomic mass is 16.5. The van der Waals surface area contributed by atoms with Gasteiger partial charge in [-0.1, -0.05) is 60.7 Å². The Morgan fingerprint density at radius 2 is 1.24 bits per heavy atom. The van der Waals surface area contributed by atoms with Crippen LogP contribution in [0.3, 0.4) is 0 Å². The van der Waals surface area contributed by atoms with Crippen LogP contribution in [0, 0.1) is 47.3 Å². The predicted molar refractivity (Wildman–Crippen MR) is 193 cm³/mol. The number of imidazole rings is 1. The molecule has 50 heavy (non-hydrogen) atoms. The van der Waals surface area contributed by atoms with E-state index in [4.69, 9.17) is 4.74 Å². The van der Waals surface area contributed by atoms with Gasteiger partial charge in [-0.2, -0.15) is 0 Å². The predicted octanol–water partition coefficient (Wildman–Crippen LogP) is 7.28. The van der Waals surface area contributed by atoms with Crippen molar-refractivity contribution in [1.29, 1.82) is 0 Å². The van der Waals surface area contributed by atoms with Gasteiger partial charge in [-0.3, -0.25) is 13.9 Å². The van der Waals surface area contributed by atoms with Crippen LogP contribution in [0.25, 0.3) is 0 Å². The zero-order valence-corrected chi connectivity index (χ0v) is 29.6. The average molecular weight is 679 g/mol. The highest BCUT2D eigenvalue weighted by molar-refractivity contribution is 5.81. The molecule has 0 spiro atoms. The lowest BCUT2D eigenvalue weighted by molar-refractivity contribution is -0.143. The van der Waals surface area contributed by atoms with E-state index >= 15 is 0 Å². The highest BCUT2D eigenvalue weighted by Gasteiger charge is 2.50. The number of benzene rings is 2. The summed E-state index contributed by atoms with van der Waals surface area (Å²) >= 11 is 0. The van der Waals surface area contributed by atoms with Gasteiger partial charge in [-0.05, 0) is 130 Å². The zero-order chi connectivity index (χ0) is 34.2. The first kappa shape index (κ1) is 33.3. The van der Waals surface area contributed by atoms with Crippen molar-refractivity contribution in [2.45, 2.75) is 96.3 Å². The Bertz CT molecular complexity index is 1630. The van der Waals surface area contributed by atoms with E-state index in [0.717, 1.165) is 41.1 Å². The monoisotopic (exact) mass is 678 g/mol. The molecule has 8 bridgehead atoms. The zero-order valence-electron chi connectivity index (χ0n) is 29.6. The number of amides is 2. The highest BCUT2D eigenvalue weighted by Crippen LogP contribution is 2.58. The fourth-order valence-electron chi connectivity index (χ4n) is 11.7. The van der Waals surface area contributed by atoms with Crippen LogP contribution < -0.4 is 11.0 Å². The number of nitrogens with one attached hydrogen (secondary N) is 1. The first-order chi connectivity index (χ1) is 24.4. The first-order valence-electron chi connectivity index (χ1n) is 19.5. The van der Waals surface area contributed by atoms with Gasteiger partial charge in [0, 0.05) is 31.0 Å². The van der Waals surface area contributed by atoms with Crippen LogP contribution in [0.4, 0.5) is 4.79 Å². The Hall–Kier alpha value is -3.81. The maximum absolute atomic E-state index is 13.1. The van der Waals surface area contributed by atoms with Crippen LogP contribution in [0.5, 0.6) is 0 Å². The Labute approximate surface area is 296 Å². The van der Waals surface area contributed by atoms with E-state index in [9.17, 15) is 14.4 Å². The van der Waals surface area contributed by atoms with Crippen molar-refractivity contribution in [3.63, 3.8) is 0 Å². The molecule has 2 aromatic carbocycles. The topological polar surface area (TPSA) is 85.6 Å². The van der Waals surface area contributed by atoms with E-state index in [0.29, 0.717) is 37.6 Å². The van der Waals surface area contributed by atoms with Gasteiger partial charge in [-0.25, -0.2) is 9.59 Å². The van der Waals surface area contributed by atoms with Crippen molar-refractivity contribution < 1.29 is 14.3 Å². The van der Waals surface area contributed by atoms with Crippen molar-refractivity contribution in [3.05, 3.63) is 94.7 Å². The van der Waals surface area contributed by atoms with E-state index in [1.165, 1.54) is 69.8 Å². The second-order valence-electron chi connectivity index (χ2n) is 16.6. The summed E-state index contributed by atoms with van der Waals surface area (Å²) in [6.07, 6.45) is 17.4. The lowest BCUT2D eigenvalue weighted by Gasteiger charge is -2.54. The minimum absolute atomic E-state index is 0.0120. The van der Waals surface area contributed by atoms with E-state index in [1.807, 2.05) is 59.3 Å². The molecule has 1 N–H and O–H groups in total. The molecule has 0 unspecified atom stereocenters. The Morgan fingerprint density at radius 3 is 1.78 bits per heavy atom. The van der Waals surface area contributed by atoms with E-state index in [1.54, 1.807) is 11.8 Å². The van der Waals surface area contributed by atoms with Gasteiger partial charge in [0.05, 0.1) is 13.2 Å². The molecule has 1 aromatic heterocycles. The smallest absolute Gasteiger partial charge is 0.328 e. The van der Waals surface area contributed by atoms with E-state index in [-0.39, 0.29) is 30.3 Å². The number of ether oxygens (including phenoxy) is 1. The third-order valence-electron chi connectivity index (χ3n) is 13.2. The second kappa shape index (κ2) is 14.4. The molecule has 1 heterocycles. The summed E-state index contributed by atoms with van der Waals surface area (Å²) in [6.45, 7) is 3.20. The van der Waals surface area contributed by atoms with Crippen LogP contribution in [-0.4, -0.2) is 45.2 Å². The van der Waals surface area contributed by atoms with Gasteiger partial charge in [0.1, 0.15) is 6.54 Å². The molecule has 8 saturated carbocycles. The van der Waals surface area contributed by atoms with Crippen molar-refractivity contribution in [1.82, 2.24) is 19.4 Å². The summed E-state index contributed by atoms with van der Waals surface area (Å²) in [5.41, 5.74) is 2.39. The van der Waals surface area contributed by atoms with Crippen LogP contribution in [-0.2, 0) is 22.6 Å². The summed E-state index contributed by atoms with van der Waals surface area (Å²) in [5.74, 6) is 6.03. The van der Waals surface area contributed by atoms with Gasteiger partial charge < -0.3 is 15.0 Å². The molecule has 266 valence electrons. The minimum Gasteiger partial charge on any atom is -0.465 e. The fraction of sp³-hybridized carbons (Fsp3) is 0.595. The molecule has 0 saturated heterocycles. The molecular formula is C42H54N4O4. The largest absolute Gasteiger partial charge is 0.465 e. The molecule has 8 heteroatoms. The third-order valence-corrected chi connectivity index (χ3v) is 13.2. The number of aromatic nitrogens is 2. The van der Waals surface area contributed by atoms with E-state index < -0.39 is 0 Å². The maximum atomic E-state index is 13.1. The lowest BCUT2D eigenvalue weighted by atomic mass is 9.54. The quantitative estimate of drug-likeness (QED) is 0.241. The van der Waals surface area contributed by atoms with Gasteiger partial charge in [0.15, 0.2) is 0 Å². The molecule has 2 amide bonds. The second-order valence-corrected chi connectivity index (χ2v) is 16.6. The maximum Gasteiger partial charge on any atom is 0.328 e. The van der Waals surface area contributed by atoms with Gasteiger partial charge >= 0.3 is 17.7 Å². The number of carbonyl (C=O) groups is 2. The van der Waals surface area contributed by atoms with Crippen molar-refractivity contribution in [3.8, 4) is 0 Å². The normalized spacial score (nSPS) is 32.7. The standard InChI is InChI=1S/C22H30N2O3.C20H24N2O/c1-2-27-20(25)14-24(13-15-6-4-3-5-7-15)22(26)23-21-18-9-16-8-17(11-18)12-19(21)10-16;23-20-21(13-14-4-2-1-3-5-14)6-7-22(20)19-17-9-15-8-16(11-17)12-18(19)10-15/h3-7,16-19,21H,2,8-14H2,1H3,(H,23,26);1-7,15-19H,8-13H2. The first-order valence-corrected chi connectivity index (χ1v) is 19.5. The van der Waals surface area contributed by atoms with E-state index in [2.05, 4.69) is 28.2 Å². The average Bonchev–Trinajstić information content (AvgIpc) is 3.45. The molecular weight excluding hydrogens is 624 g/mol. The number of hydrogen-bond acceptors (Lipinski definition) is 4. The summed E-state index contributed by atoms with van der Waals surface area (Å²) in [4.78, 5) is 39.6. The summed E-state index contributed by atoms with van der Waals surface area (Å²) < 4.78 is 9.04. The molecule has 8 aliphatic carbocycles. The van der Waals surface area contributed by atoms with Crippen molar-refractivity contribution >= 4 is 12.0 Å². The Morgan fingerprint density at radius 1 is 0.720 bits per heavy atom. The number of urea groups is 1. The minimum atomic E-state index is -0.353. The molecule has 8 fully saturated rings. The lowest BCUT2D eigenvalue weighted by Crippen LogP contribution is -2.58. The van der Waals surface area contributed by atoms with Crippen molar-refractivity contribution in [2.75, 3.05) is 13.2 Å². The molecule has 3 aromatic rings. The number of rotatable bonds is 9. The van der Waals surface area contributed by atoms with Crippen LogP contribution in [0.2, 0.25) is 0 Å². The summed E-state index contributed by atoms with van der Waals surface area (Å²) in [5, 5.41) is 3.31.